The Morgan fingerprint density at radius 1 is 1.50 bits per heavy atom. The minimum Gasteiger partial charge on any atom is -0.229 e. The van der Waals surface area contributed by atoms with Gasteiger partial charge in [-0.2, -0.15) is 0 Å². The second kappa shape index (κ2) is 3.99. The van der Waals surface area contributed by atoms with Crippen LogP contribution in [0.3, 0.4) is 0 Å². The summed E-state index contributed by atoms with van der Waals surface area (Å²) in [5.41, 5.74) is 0.205. The lowest BCUT2D eigenvalue weighted by Gasteiger charge is -2.19. The van der Waals surface area contributed by atoms with Crippen LogP contribution < -0.4 is 4.57 Å². The van der Waals surface area contributed by atoms with Crippen LogP contribution in [0.25, 0.3) is 6.20 Å². The number of allylic oxidation sites excluding steroid dienone is 1. The average molecular weight is 193 g/mol. The SMILES string of the molecule is C/C=C/[n+]1ccn(C(C)(C)CC)c1C. The van der Waals surface area contributed by atoms with Crippen LogP contribution in [0.2, 0.25) is 0 Å². The van der Waals surface area contributed by atoms with E-state index in [1.54, 1.807) is 0 Å². The lowest BCUT2D eigenvalue weighted by molar-refractivity contribution is -0.575. The fourth-order valence-corrected chi connectivity index (χ4v) is 1.61. The van der Waals surface area contributed by atoms with E-state index < -0.39 is 0 Å². The minimum absolute atomic E-state index is 0.205. The first kappa shape index (κ1) is 11.0. The summed E-state index contributed by atoms with van der Waals surface area (Å²) in [5.74, 6) is 1.27. The third-order valence-electron chi connectivity index (χ3n) is 2.93. The van der Waals surface area contributed by atoms with Crippen LogP contribution in [-0.2, 0) is 5.54 Å². The van der Waals surface area contributed by atoms with Gasteiger partial charge >= 0.3 is 0 Å². The summed E-state index contributed by atoms with van der Waals surface area (Å²) in [7, 11) is 0. The fraction of sp³-hybridized carbons (Fsp3) is 0.583. The second-order valence-electron chi connectivity index (χ2n) is 4.27. The molecule has 0 spiro atoms. The largest absolute Gasteiger partial charge is 0.258 e. The lowest BCUT2D eigenvalue weighted by Crippen LogP contribution is -2.33. The highest BCUT2D eigenvalue weighted by Crippen LogP contribution is 2.19. The van der Waals surface area contributed by atoms with Crippen LogP contribution in [0, 0.1) is 6.92 Å². The molecule has 0 bridgehead atoms. The molecule has 0 atom stereocenters. The van der Waals surface area contributed by atoms with Crippen molar-refractivity contribution in [2.24, 2.45) is 0 Å². The lowest BCUT2D eigenvalue weighted by atomic mass is 10.0. The van der Waals surface area contributed by atoms with Crippen molar-refractivity contribution in [1.29, 1.82) is 0 Å². The van der Waals surface area contributed by atoms with Crippen LogP contribution in [0.1, 0.15) is 39.9 Å². The number of rotatable bonds is 3. The minimum atomic E-state index is 0.205. The highest BCUT2D eigenvalue weighted by Gasteiger charge is 2.26. The molecule has 2 heteroatoms. The molecule has 78 valence electrons. The number of imidazole rings is 1. The maximum absolute atomic E-state index is 2.33. The van der Waals surface area contributed by atoms with E-state index in [9.17, 15) is 0 Å². The number of hydrogen-bond acceptors (Lipinski definition) is 0. The van der Waals surface area contributed by atoms with Crippen LogP contribution in [0.5, 0.6) is 0 Å². The van der Waals surface area contributed by atoms with Gasteiger partial charge in [-0.15, -0.1) is 0 Å². The van der Waals surface area contributed by atoms with Crippen molar-refractivity contribution in [3.8, 4) is 0 Å². The monoisotopic (exact) mass is 193 g/mol. The van der Waals surface area contributed by atoms with Gasteiger partial charge in [-0.3, -0.25) is 0 Å². The van der Waals surface area contributed by atoms with Crippen molar-refractivity contribution in [3.05, 3.63) is 24.3 Å². The molecule has 14 heavy (non-hydrogen) atoms. The zero-order chi connectivity index (χ0) is 10.8. The molecule has 1 aromatic heterocycles. The maximum atomic E-state index is 2.33. The number of aromatic nitrogens is 2. The molecule has 1 rings (SSSR count). The van der Waals surface area contributed by atoms with E-state index in [-0.39, 0.29) is 5.54 Å². The predicted octanol–water partition coefficient (Wildman–Crippen LogP) is 2.72. The highest BCUT2D eigenvalue weighted by molar-refractivity contribution is 5.06. The van der Waals surface area contributed by atoms with Gasteiger partial charge in [0.05, 0.1) is 6.20 Å². The van der Waals surface area contributed by atoms with Crippen molar-refractivity contribution in [2.75, 3.05) is 0 Å². The van der Waals surface area contributed by atoms with Crippen molar-refractivity contribution in [3.63, 3.8) is 0 Å². The van der Waals surface area contributed by atoms with Gasteiger partial charge in [-0.1, -0.05) is 6.92 Å². The summed E-state index contributed by atoms with van der Waals surface area (Å²) in [6.07, 6.45) is 9.53. The van der Waals surface area contributed by atoms with Crippen LogP contribution >= 0.6 is 0 Å². The Kier molecular flexibility index (Phi) is 3.14. The average Bonchev–Trinajstić information content (AvgIpc) is 2.50. The second-order valence-corrected chi connectivity index (χ2v) is 4.27. The summed E-state index contributed by atoms with van der Waals surface area (Å²) in [5, 5.41) is 0. The first-order valence-corrected chi connectivity index (χ1v) is 5.25. The standard InChI is InChI=1S/C12H21N2/c1-6-8-13-9-10-14(11(13)3)12(4,5)7-2/h6,8-10H,7H2,1-5H3/q+1/b8-6+. The number of nitrogens with zero attached hydrogens (tertiary/aromatic N) is 2. The van der Waals surface area contributed by atoms with Gasteiger partial charge in [0.25, 0.3) is 5.82 Å². The quantitative estimate of drug-likeness (QED) is 0.653. The van der Waals surface area contributed by atoms with E-state index in [0.29, 0.717) is 0 Å². The molecule has 1 heterocycles. The van der Waals surface area contributed by atoms with Gasteiger partial charge in [0.15, 0.2) is 0 Å². The zero-order valence-corrected chi connectivity index (χ0v) is 9.91. The van der Waals surface area contributed by atoms with E-state index in [2.05, 4.69) is 61.5 Å². The molecule has 0 unspecified atom stereocenters. The van der Waals surface area contributed by atoms with Gasteiger partial charge in [0, 0.05) is 6.92 Å². The van der Waals surface area contributed by atoms with E-state index in [1.165, 1.54) is 5.82 Å². The third kappa shape index (κ3) is 1.89. The summed E-state index contributed by atoms with van der Waals surface area (Å²) >= 11 is 0. The molecule has 1 aromatic rings. The van der Waals surface area contributed by atoms with Crippen LogP contribution in [0.4, 0.5) is 0 Å². The molecule has 0 amide bonds. The Morgan fingerprint density at radius 3 is 2.64 bits per heavy atom. The Balaban J connectivity index is 3.12. The van der Waals surface area contributed by atoms with Gasteiger partial charge < -0.3 is 0 Å². The molecule has 0 fully saturated rings. The van der Waals surface area contributed by atoms with Gasteiger partial charge in [-0.25, -0.2) is 9.13 Å². The molecule has 0 aromatic carbocycles. The smallest absolute Gasteiger partial charge is 0.229 e. The molecule has 0 saturated heterocycles. The molecule has 2 nitrogen and oxygen atoms in total. The van der Waals surface area contributed by atoms with Crippen LogP contribution in [-0.4, -0.2) is 4.57 Å². The first-order valence-electron chi connectivity index (χ1n) is 5.25. The molecule has 0 saturated carbocycles. The van der Waals surface area contributed by atoms with E-state index in [1.807, 2.05) is 6.92 Å². The molecular weight excluding hydrogens is 172 g/mol. The van der Waals surface area contributed by atoms with Crippen LogP contribution in [0.15, 0.2) is 18.5 Å². The topological polar surface area (TPSA) is 8.81 Å². The van der Waals surface area contributed by atoms with E-state index in [0.717, 1.165) is 6.42 Å². The Bertz CT molecular complexity index is 332. The Morgan fingerprint density at radius 2 is 2.14 bits per heavy atom. The molecular formula is C12H21N2+. The molecule has 0 aliphatic carbocycles. The van der Waals surface area contributed by atoms with Gasteiger partial charge in [0.1, 0.15) is 17.9 Å². The summed E-state index contributed by atoms with van der Waals surface area (Å²) in [4.78, 5) is 0. The molecule has 0 aliphatic rings. The first-order chi connectivity index (χ1) is 6.53. The molecule has 0 N–H and O–H groups in total. The highest BCUT2D eigenvalue weighted by atomic mass is 15.2. The fourth-order valence-electron chi connectivity index (χ4n) is 1.61. The van der Waals surface area contributed by atoms with E-state index >= 15 is 0 Å². The molecule has 0 radical (unpaired) electrons. The maximum Gasteiger partial charge on any atom is 0.258 e. The van der Waals surface area contributed by atoms with E-state index in [4.69, 9.17) is 0 Å². The van der Waals surface area contributed by atoms with Crippen molar-refractivity contribution in [1.82, 2.24) is 4.57 Å². The number of hydrogen-bond donors (Lipinski definition) is 0. The molecule has 0 aliphatic heterocycles. The normalized spacial score (nSPS) is 12.6. The van der Waals surface area contributed by atoms with Crippen molar-refractivity contribution in [2.45, 2.75) is 46.6 Å². The summed E-state index contributed by atoms with van der Waals surface area (Å²) in [6.45, 7) is 10.9. The predicted molar refractivity (Wildman–Crippen MR) is 60.0 cm³/mol. The van der Waals surface area contributed by atoms with Crippen molar-refractivity contribution >= 4 is 6.20 Å². The third-order valence-corrected chi connectivity index (χ3v) is 2.93. The van der Waals surface area contributed by atoms with Gasteiger partial charge in [-0.05, 0) is 33.3 Å². The Hall–Kier alpha value is -1.05. The zero-order valence-electron chi connectivity index (χ0n) is 9.91. The van der Waals surface area contributed by atoms with Crippen molar-refractivity contribution < 1.29 is 4.57 Å². The summed E-state index contributed by atoms with van der Waals surface area (Å²) < 4.78 is 4.48. The summed E-state index contributed by atoms with van der Waals surface area (Å²) in [6, 6.07) is 0. The Labute approximate surface area is 86.9 Å². The van der Waals surface area contributed by atoms with Gasteiger partial charge in [0.2, 0.25) is 0 Å².